The topological polar surface area (TPSA) is 64.6 Å². The van der Waals surface area contributed by atoms with Crippen molar-refractivity contribution in [3.63, 3.8) is 0 Å². The predicted molar refractivity (Wildman–Crippen MR) is 116 cm³/mol. The summed E-state index contributed by atoms with van der Waals surface area (Å²) in [7, 11) is 3.26. The van der Waals surface area contributed by atoms with E-state index >= 15 is 0 Å². The number of methoxy groups -OCH3 is 2. The number of nitrogens with zero attached hydrogens (tertiary/aromatic N) is 1. The molecule has 1 aromatic heterocycles. The van der Waals surface area contributed by atoms with E-state index in [1.54, 1.807) is 20.4 Å². The number of fused-ring (bicyclic) bond motifs is 1. The monoisotopic (exact) mass is 397 g/mol. The van der Waals surface area contributed by atoms with Crippen LogP contribution in [0.4, 0.5) is 5.69 Å². The van der Waals surface area contributed by atoms with Gasteiger partial charge in [-0.2, -0.15) is 0 Å². The van der Waals surface area contributed by atoms with Crippen LogP contribution >= 0.6 is 12.2 Å². The van der Waals surface area contributed by atoms with Crippen LogP contribution in [0.15, 0.2) is 48.7 Å². The molecule has 0 spiro atoms. The summed E-state index contributed by atoms with van der Waals surface area (Å²) in [6.45, 7) is 3.07. The van der Waals surface area contributed by atoms with Gasteiger partial charge in [0.15, 0.2) is 16.6 Å². The van der Waals surface area contributed by atoms with Gasteiger partial charge in [0.25, 0.3) is 0 Å². The number of anilines is 1. The number of benzene rings is 2. The van der Waals surface area contributed by atoms with Crippen LogP contribution in [0.3, 0.4) is 0 Å². The Balaban J connectivity index is 1.70. The maximum Gasteiger partial charge on any atom is 0.171 e. The van der Waals surface area contributed by atoms with E-state index in [9.17, 15) is 0 Å². The van der Waals surface area contributed by atoms with Gasteiger partial charge >= 0.3 is 0 Å². The molecule has 3 rings (SSSR count). The number of aromatic nitrogens is 1. The summed E-state index contributed by atoms with van der Waals surface area (Å²) in [6.07, 6.45) is 1.74. The molecule has 6 nitrogen and oxygen atoms in total. The lowest BCUT2D eigenvalue weighted by Crippen LogP contribution is -2.28. The molecule has 0 aliphatic rings. The molecule has 28 heavy (non-hydrogen) atoms. The van der Waals surface area contributed by atoms with Gasteiger partial charge in [0, 0.05) is 23.8 Å². The van der Waals surface area contributed by atoms with Crippen LogP contribution < -0.4 is 24.8 Å². The Morgan fingerprint density at radius 2 is 1.82 bits per heavy atom. The van der Waals surface area contributed by atoms with Crippen molar-refractivity contribution in [2.75, 3.05) is 26.1 Å². The van der Waals surface area contributed by atoms with E-state index in [-0.39, 0.29) is 0 Å². The van der Waals surface area contributed by atoms with Crippen LogP contribution in [-0.4, -0.2) is 30.9 Å². The molecule has 0 atom stereocenters. The van der Waals surface area contributed by atoms with E-state index in [0.29, 0.717) is 24.0 Å². The molecule has 0 unspecified atom stereocenters. The highest BCUT2D eigenvalue weighted by Gasteiger charge is 2.09. The van der Waals surface area contributed by atoms with E-state index in [2.05, 4.69) is 15.6 Å². The summed E-state index contributed by atoms with van der Waals surface area (Å²) < 4.78 is 16.3. The molecule has 2 N–H and O–H groups in total. The SMILES string of the molecule is CCOc1cc(CNC(=S)Nc2ccc(OC)c3ncccc23)ccc1OC. The minimum absolute atomic E-state index is 0.518. The molecule has 146 valence electrons. The Hall–Kier alpha value is -3.06. The first-order chi connectivity index (χ1) is 13.7. The normalized spacial score (nSPS) is 10.4. The van der Waals surface area contributed by atoms with Gasteiger partial charge in [0.2, 0.25) is 0 Å². The van der Waals surface area contributed by atoms with Gasteiger partial charge in [-0.15, -0.1) is 0 Å². The van der Waals surface area contributed by atoms with Gasteiger partial charge in [-0.05, 0) is 61.1 Å². The fourth-order valence-corrected chi connectivity index (χ4v) is 3.05. The summed E-state index contributed by atoms with van der Waals surface area (Å²) in [5.74, 6) is 2.15. The Morgan fingerprint density at radius 3 is 2.57 bits per heavy atom. The van der Waals surface area contributed by atoms with Crippen molar-refractivity contribution < 1.29 is 14.2 Å². The molecule has 0 aliphatic heterocycles. The van der Waals surface area contributed by atoms with E-state index < -0.39 is 0 Å². The van der Waals surface area contributed by atoms with Gasteiger partial charge in [0.1, 0.15) is 11.3 Å². The zero-order valence-corrected chi connectivity index (χ0v) is 16.9. The van der Waals surface area contributed by atoms with Crippen LogP contribution in [0.1, 0.15) is 12.5 Å². The lowest BCUT2D eigenvalue weighted by atomic mass is 10.1. The summed E-state index contributed by atoms with van der Waals surface area (Å²) >= 11 is 5.46. The molecule has 0 saturated carbocycles. The second kappa shape index (κ2) is 9.23. The smallest absolute Gasteiger partial charge is 0.171 e. The Bertz CT molecular complexity index is 978. The molecule has 3 aromatic rings. The third-order valence-corrected chi connectivity index (χ3v) is 4.43. The van der Waals surface area contributed by atoms with Crippen molar-refractivity contribution in [2.45, 2.75) is 13.5 Å². The quantitative estimate of drug-likeness (QED) is 0.581. The maximum absolute atomic E-state index is 5.62. The highest BCUT2D eigenvalue weighted by Crippen LogP contribution is 2.30. The number of pyridine rings is 1. The Morgan fingerprint density at radius 1 is 1.04 bits per heavy atom. The van der Waals surface area contributed by atoms with Crippen molar-refractivity contribution in [1.29, 1.82) is 0 Å². The molecular weight excluding hydrogens is 374 g/mol. The first-order valence-electron chi connectivity index (χ1n) is 8.92. The third-order valence-electron chi connectivity index (χ3n) is 4.18. The van der Waals surface area contributed by atoms with Crippen LogP contribution in [-0.2, 0) is 6.54 Å². The van der Waals surface area contributed by atoms with Gasteiger partial charge in [0.05, 0.1) is 20.8 Å². The highest BCUT2D eigenvalue weighted by molar-refractivity contribution is 7.80. The van der Waals surface area contributed by atoms with Gasteiger partial charge in [-0.1, -0.05) is 6.07 Å². The number of hydrogen-bond donors (Lipinski definition) is 2. The summed E-state index contributed by atoms with van der Waals surface area (Å²) in [4.78, 5) is 4.40. The summed E-state index contributed by atoms with van der Waals surface area (Å²) in [5.41, 5.74) is 2.69. The van der Waals surface area contributed by atoms with Gasteiger partial charge in [-0.25, -0.2) is 0 Å². The lowest BCUT2D eigenvalue weighted by molar-refractivity contribution is 0.310. The summed E-state index contributed by atoms with van der Waals surface area (Å²) in [5, 5.41) is 7.91. The lowest BCUT2D eigenvalue weighted by Gasteiger charge is -2.15. The van der Waals surface area contributed by atoms with Crippen LogP contribution in [0, 0.1) is 0 Å². The molecule has 0 saturated heterocycles. The maximum atomic E-state index is 5.62. The molecular formula is C21H23N3O3S. The van der Waals surface area contributed by atoms with Crippen molar-refractivity contribution in [3.05, 3.63) is 54.2 Å². The van der Waals surface area contributed by atoms with Gasteiger partial charge < -0.3 is 24.8 Å². The second-order valence-electron chi connectivity index (χ2n) is 5.94. The van der Waals surface area contributed by atoms with E-state index in [4.69, 9.17) is 26.4 Å². The predicted octanol–water partition coefficient (Wildman–Crippen LogP) is 4.14. The first-order valence-corrected chi connectivity index (χ1v) is 9.33. The largest absolute Gasteiger partial charge is 0.494 e. The third kappa shape index (κ3) is 4.43. The van der Waals surface area contributed by atoms with E-state index in [0.717, 1.165) is 33.7 Å². The zero-order chi connectivity index (χ0) is 19.9. The van der Waals surface area contributed by atoms with Crippen LogP contribution in [0.25, 0.3) is 10.9 Å². The Kier molecular flexibility index (Phi) is 6.49. The molecule has 0 fully saturated rings. The average Bonchev–Trinajstić information content (AvgIpc) is 2.73. The number of hydrogen-bond acceptors (Lipinski definition) is 5. The van der Waals surface area contributed by atoms with Gasteiger partial charge in [-0.3, -0.25) is 4.98 Å². The van der Waals surface area contributed by atoms with Crippen molar-refractivity contribution in [1.82, 2.24) is 10.3 Å². The minimum atomic E-state index is 0.518. The first kappa shape index (κ1) is 19.7. The van der Waals surface area contributed by atoms with Crippen LogP contribution in [0.2, 0.25) is 0 Å². The van der Waals surface area contributed by atoms with Crippen molar-refractivity contribution >= 4 is 33.9 Å². The number of ether oxygens (including phenoxy) is 3. The Labute approximate surface area is 169 Å². The number of nitrogens with one attached hydrogen (secondary N) is 2. The van der Waals surface area contributed by atoms with E-state index in [1.165, 1.54) is 0 Å². The van der Waals surface area contributed by atoms with E-state index in [1.807, 2.05) is 49.4 Å². The number of thiocarbonyl (C=S) groups is 1. The minimum Gasteiger partial charge on any atom is -0.494 e. The summed E-state index contributed by atoms with van der Waals surface area (Å²) in [6, 6.07) is 13.5. The fraction of sp³-hybridized carbons (Fsp3) is 0.238. The average molecular weight is 398 g/mol. The molecule has 1 heterocycles. The molecule has 2 aromatic carbocycles. The molecule has 0 aliphatic carbocycles. The zero-order valence-electron chi connectivity index (χ0n) is 16.1. The fourth-order valence-electron chi connectivity index (χ4n) is 2.87. The molecule has 0 bridgehead atoms. The highest BCUT2D eigenvalue weighted by atomic mass is 32.1. The molecule has 7 heteroatoms. The molecule has 0 radical (unpaired) electrons. The van der Waals surface area contributed by atoms with Crippen molar-refractivity contribution in [2.24, 2.45) is 0 Å². The standard InChI is InChI=1S/C21H23N3O3S/c1-4-27-19-12-14(7-9-17(19)25-2)13-23-21(28)24-16-8-10-18(26-3)20-15(16)6-5-11-22-20/h5-12H,4,13H2,1-3H3,(H2,23,24,28). The van der Waals surface area contributed by atoms with Crippen molar-refractivity contribution in [3.8, 4) is 17.2 Å². The molecule has 0 amide bonds. The van der Waals surface area contributed by atoms with Crippen LogP contribution in [0.5, 0.6) is 17.2 Å². The number of rotatable bonds is 7. The second-order valence-corrected chi connectivity index (χ2v) is 6.35.